The Morgan fingerprint density at radius 2 is 2.18 bits per heavy atom. The Bertz CT molecular complexity index is 175. The molecule has 1 unspecified atom stereocenters. The Hall–Kier alpha value is -0.740. The van der Waals surface area contributed by atoms with Crippen molar-refractivity contribution in [1.82, 2.24) is 0 Å². The van der Waals surface area contributed by atoms with E-state index in [1.165, 1.54) is 0 Å². The predicted molar refractivity (Wildman–Crippen MR) is 33.3 cm³/mol. The van der Waals surface area contributed by atoms with E-state index in [0.29, 0.717) is 12.1 Å². The lowest BCUT2D eigenvalue weighted by Gasteiger charge is -2.21. The number of hydrogen-bond acceptors (Lipinski definition) is 2. The average Bonchev–Trinajstić information content (AvgIpc) is 1.86. The van der Waals surface area contributed by atoms with Crippen LogP contribution < -0.4 is 0 Å². The first-order chi connectivity index (χ1) is 5.00. The molecular formula is C6H8F3NO. The van der Waals surface area contributed by atoms with Gasteiger partial charge in [-0.1, -0.05) is 5.16 Å². The van der Waals surface area contributed by atoms with Crippen LogP contribution in [-0.2, 0) is 4.84 Å². The standard InChI is InChI=1S/C6H8F3NO/c1-4-2-3-5(11-10-4)6(7,8)9/h5H,2-3H2,1H3. The lowest BCUT2D eigenvalue weighted by Crippen LogP contribution is -2.33. The van der Waals surface area contributed by atoms with Gasteiger partial charge in [0, 0.05) is 6.42 Å². The van der Waals surface area contributed by atoms with Gasteiger partial charge in [0.15, 0.2) is 0 Å². The molecule has 0 fully saturated rings. The molecule has 11 heavy (non-hydrogen) atoms. The Kier molecular flexibility index (Phi) is 2.06. The fourth-order valence-corrected chi connectivity index (χ4v) is 0.815. The Balaban J connectivity index is 2.54. The Morgan fingerprint density at radius 3 is 2.55 bits per heavy atom. The van der Waals surface area contributed by atoms with Gasteiger partial charge in [0.25, 0.3) is 0 Å². The normalized spacial score (nSPS) is 25.8. The summed E-state index contributed by atoms with van der Waals surface area (Å²) in [5.74, 6) is 0. The second-order valence-electron chi connectivity index (χ2n) is 2.50. The van der Waals surface area contributed by atoms with Gasteiger partial charge in [0.1, 0.15) is 0 Å². The predicted octanol–water partition coefficient (Wildman–Crippen LogP) is 2.10. The van der Waals surface area contributed by atoms with Gasteiger partial charge in [0.2, 0.25) is 6.10 Å². The highest BCUT2D eigenvalue weighted by molar-refractivity contribution is 5.81. The average molecular weight is 167 g/mol. The number of oxime groups is 1. The SMILES string of the molecule is CC1=NOC(C(F)(F)F)CC1. The van der Waals surface area contributed by atoms with Gasteiger partial charge in [-0.2, -0.15) is 13.2 Å². The molecule has 1 rings (SSSR count). The van der Waals surface area contributed by atoms with Crippen molar-refractivity contribution < 1.29 is 18.0 Å². The lowest BCUT2D eigenvalue weighted by molar-refractivity contribution is -0.224. The maximum Gasteiger partial charge on any atom is 0.428 e. The Morgan fingerprint density at radius 1 is 1.55 bits per heavy atom. The summed E-state index contributed by atoms with van der Waals surface area (Å²) in [6, 6.07) is 0. The van der Waals surface area contributed by atoms with Crippen molar-refractivity contribution in [2.45, 2.75) is 32.0 Å². The van der Waals surface area contributed by atoms with Crippen LogP contribution in [-0.4, -0.2) is 18.0 Å². The summed E-state index contributed by atoms with van der Waals surface area (Å²) >= 11 is 0. The third kappa shape index (κ3) is 2.10. The first kappa shape index (κ1) is 8.36. The largest absolute Gasteiger partial charge is 0.428 e. The van der Waals surface area contributed by atoms with Crippen LogP contribution in [0.4, 0.5) is 13.2 Å². The van der Waals surface area contributed by atoms with Crippen molar-refractivity contribution in [1.29, 1.82) is 0 Å². The molecule has 2 nitrogen and oxygen atoms in total. The highest BCUT2D eigenvalue weighted by Crippen LogP contribution is 2.28. The third-order valence-corrected chi connectivity index (χ3v) is 1.47. The van der Waals surface area contributed by atoms with Crippen LogP contribution in [0.25, 0.3) is 0 Å². The minimum atomic E-state index is -4.27. The van der Waals surface area contributed by atoms with E-state index in [1.807, 2.05) is 0 Å². The van der Waals surface area contributed by atoms with E-state index < -0.39 is 12.3 Å². The molecule has 1 heterocycles. The molecule has 0 aromatic carbocycles. The smallest absolute Gasteiger partial charge is 0.383 e. The van der Waals surface area contributed by atoms with Crippen molar-refractivity contribution in [3.63, 3.8) is 0 Å². The summed E-state index contributed by atoms with van der Waals surface area (Å²) in [5, 5.41) is 3.27. The molecule has 0 amide bonds. The summed E-state index contributed by atoms with van der Waals surface area (Å²) in [6.45, 7) is 1.65. The first-order valence-electron chi connectivity index (χ1n) is 3.26. The van der Waals surface area contributed by atoms with Crippen molar-refractivity contribution in [3.8, 4) is 0 Å². The molecule has 0 saturated carbocycles. The minimum absolute atomic E-state index is 0.0150. The molecule has 0 N–H and O–H groups in total. The molecule has 0 bridgehead atoms. The van der Waals surface area contributed by atoms with Gasteiger partial charge in [0.05, 0.1) is 5.71 Å². The summed E-state index contributed by atoms with van der Waals surface area (Å²) in [6.07, 6.45) is -5.63. The molecule has 0 aromatic rings. The van der Waals surface area contributed by atoms with E-state index in [1.54, 1.807) is 6.92 Å². The first-order valence-corrected chi connectivity index (χ1v) is 3.26. The van der Waals surface area contributed by atoms with E-state index in [-0.39, 0.29) is 6.42 Å². The van der Waals surface area contributed by atoms with E-state index in [0.717, 1.165) is 0 Å². The molecule has 1 atom stereocenters. The quantitative estimate of drug-likeness (QED) is 0.541. The van der Waals surface area contributed by atoms with Crippen LogP contribution in [0.5, 0.6) is 0 Å². The Labute approximate surface area is 62.0 Å². The van der Waals surface area contributed by atoms with Gasteiger partial charge in [-0.15, -0.1) is 0 Å². The highest BCUT2D eigenvalue weighted by atomic mass is 19.4. The van der Waals surface area contributed by atoms with Crippen molar-refractivity contribution in [2.24, 2.45) is 5.16 Å². The van der Waals surface area contributed by atoms with Gasteiger partial charge in [-0.05, 0) is 13.3 Å². The monoisotopic (exact) mass is 167 g/mol. The summed E-state index contributed by atoms with van der Waals surface area (Å²) in [7, 11) is 0. The number of halogens is 3. The van der Waals surface area contributed by atoms with Crippen molar-refractivity contribution >= 4 is 5.71 Å². The topological polar surface area (TPSA) is 21.6 Å². The van der Waals surface area contributed by atoms with E-state index in [9.17, 15) is 13.2 Å². The second kappa shape index (κ2) is 2.71. The maximum atomic E-state index is 11.9. The number of nitrogens with zero attached hydrogens (tertiary/aromatic N) is 1. The molecule has 1 aliphatic rings. The fraction of sp³-hybridized carbons (Fsp3) is 0.833. The maximum absolute atomic E-state index is 11.9. The molecule has 0 spiro atoms. The van der Waals surface area contributed by atoms with Crippen molar-refractivity contribution in [2.75, 3.05) is 0 Å². The number of alkyl halides is 3. The van der Waals surface area contributed by atoms with Gasteiger partial charge >= 0.3 is 6.18 Å². The van der Waals surface area contributed by atoms with E-state index in [2.05, 4.69) is 9.99 Å². The fourth-order valence-electron chi connectivity index (χ4n) is 0.815. The zero-order valence-electron chi connectivity index (χ0n) is 5.98. The molecule has 1 aliphatic heterocycles. The minimum Gasteiger partial charge on any atom is -0.383 e. The van der Waals surface area contributed by atoms with Crippen LogP contribution in [0.1, 0.15) is 19.8 Å². The molecule has 0 aromatic heterocycles. The van der Waals surface area contributed by atoms with E-state index >= 15 is 0 Å². The zero-order chi connectivity index (χ0) is 8.48. The highest BCUT2D eigenvalue weighted by Gasteiger charge is 2.43. The van der Waals surface area contributed by atoms with Crippen molar-refractivity contribution in [3.05, 3.63) is 0 Å². The zero-order valence-corrected chi connectivity index (χ0v) is 5.98. The molecule has 0 radical (unpaired) electrons. The van der Waals surface area contributed by atoms with Gasteiger partial charge in [-0.25, -0.2) is 0 Å². The van der Waals surface area contributed by atoms with Crippen LogP contribution in [0, 0.1) is 0 Å². The van der Waals surface area contributed by atoms with Crippen LogP contribution in [0.2, 0.25) is 0 Å². The second-order valence-corrected chi connectivity index (χ2v) is 2.50. The van der Waals surface area contributed by atoms with E-state index in [4.69, 9.17) is 0 Å². The summed E-state index contributed by atoms with van der Waals surface area (Å²) in [5.41, 5.74) is 0.616. The molecule has 5 heteroatoms. The number of rotatable bonds is 0. The molecular weight excluding hydrogens is 159 g/mol. The van der Waals surface area contributed by atoms with Gasteiger partial charge < -0.3 is 4.84 Å². The lowest BCUT2D eigenvalue weighted by atomic mass is 10.1. The van der Waals surface area contributed by atoms with Crippen LogP contribution in [0.15, 0.2) is 5.16 Å². The summed E-state index contributed by atoms with van der Waals surface area (Å²) < 4.78 is 35.6. The molecule has 0 aliphatic carbocycles. The van der Waals surface area contributed by atoms with Gasteiger partial charge in [-0.3, -0.25) is 0 Å². The van der Waals surface area contributed by atoms with Crippen LogP contribution >= 0.6 is 0 Å². The third-order valence-electron chi connectivity index (χ3n) is 1.47. The molecule has 0 saturated heterocycles. The molecule has 64 valence electrons. The van der Waals surface area contributed by atoms with Crippen LogP contribution in [0.3, 0.4) is 0 Å². The summed E-state index contributed by atoms with van der Waals surface area (Å²) in [4.78, 5) is 4.22. The number of hydrogen-bond donors (Lipinski definition) is 0.